The fourth-order valence-corrected chi connectivity index (χ4v) is 3.35. The van der Waals surface area contributed by atoms with Crippen LogP contribution < -0.4 is 10.1 Å². The molecule has 4 heteroatoms. The van der Waals surface area contributed by atoms with Gasteiger partial charge in [0.15, 0.2) is 11.5 Å². The van der Waals surface area contributed by atoms with Crippen LogP contribution in [0.2, 0.25) is 0 Å². The molecular weight excluding hydrogens is 270 g/mol. The van der Waals surface area contributed by atoms with Crippen LogP contribution in [-0.4, -0.2) is 12.2 Å². The topological polar surface area (TPSA) is 41.5 Å². The van der Waals surface area contributed by atoms with Gasteiger partial charge < -0.3 is 15.2 Å². The Morgan fingerprint density at radius 2 is 2.10 bits per heavy atom. The first-order chi connectivity index (χ1) is 9.52. The summed E-state index contributed by atoms with van der Waals surface area (Å²) in [6.45, 7) is 7.03. The van der Waals surface area contributed by atoms with Crippen molar-refractivity contribution in [1.29, 1.82) is 0 Å². The molecular formula is C16H21NO2S. The third kappa shape index (κ3) is 3.14. The van der Waals surface area contributed by atoms with Crippen LogP contribution in [-0.2, 0) is 6.54 Å². The van der Waals surface area contributed by atoms with Gasteiger partial charge in [-0.15, -0.1) is 11.3 Å². The van der Waals surface area contributed by atoms with E-state index in [1.54, 1.807) is 13.2 Å². The van der Waals surface area contributed by atoms with Gasteiger partial charge in [0.1, 0.15) is 0 Å². The second-order valence-corrected chi connectivity index (χ2v) is 6.40. The molecule has 2 aromatic rings. The molecule has 1 atom stereocenters. The largest absolute Gasteiger partial charge is 0.504 e. The number of ether oxygens (including phenoxy) is 1. The lowest BCUT2D eigenvalue weighted by Gasteiger charge is -2.15. The lowest BCUT2D eigenvalue weighted by molar-refractivity contribution is 0.369. The van der Waals surface area contributed by atoms with E-state index in [2.05, 4.69) is 32.2 Å². The Labute approximate surface area is 124 Å². The Kier molecular flexibility index (Phi) is 4.68. The molecule has 1 aromatic carbocycles. The second kappa shape index (κ2) is 6.29. The van der Waals surface area contributed by atoms with Crippen LogP contribution in [0.25, 0.3) is 0 Å². The molecule has 0 bridgehead atoms. The summed E-state index contributed by atoms with van der Waals surface area (Å²) in [6, 6.07) is 8.03. The maximum atomic E-state index is 10.1. The third-order valence-electron chi connectivity index (χ3n) is 3.45. The molecule has 3 nitrogen and oxygen atoms in total. The Bertz CT molecular complexity index is 592. The first kappa shape index (κ1) is 14.9. The Hall–Kier alpha value is -1.52. The summed E-state index contributed by atoms with van der Waals surface area (Å²) in [6.07, 6.45) is 0. The zero-order valence-corrected chi connectivity index (χ0v) is 13.2. The molecule has 0 saturated carbocycles. The molecule has 0 amide bonds. The van der Waals surface area contributed by atoms with Crippen LogP contribution in [0, 0.1) is 13.8 Å². The lowest BCUT2D eigenvalue weighted by atomic mass is 10.1. The van der Waals surface area contributed by atoms with Crippen molar-refractivity contribution in [2.24, 2.45) is 0 Å². The predicted octanol–water partition coefficient (Wildman–Crippen LogP) is 3.93. The average molecular weight is 291 g/mol. The molecule has 108 valence electrons. The number of benzene rings is 1. The van der Waals surface area contributed by atoms with Crippen molar-refractivity contribution >= 4 is 11.3 Å². The van der Waals surface area contributed by atoms with E-state index in [0.29, 0.717) is 12.3 Å². The van der Waals surface area contributed by atoms with Crippen molar-refractivity contribution in [3.05, 3.63) is 45.1 Å². The Balaban J connectivity index is 2.07. The number of phenols is 1. The monoisotopic (exact) mass is 291 g/mol. The quantitative estimate of drug-likeness (QED) is 0.877. The fourth-order valence-electron chi connectivity index (χ4n) is 2.33. The highest BCUT2D eigenvalue weighted by molar-refractivity contribution is 7.12. The number of nitrogens with one attached hydrogen (secondary N) is 1. The maximum absolute atomic E-state index is 10.1. The molecule has 0 spiro atoms. The van der Waals surface area contributed by atoms with Gasteiger partial charge in [-0.2, -0.15) is 0 Å². The van der Waals surface area contributed by atoms with Gasteiger partial charge in [0.2, 0.25) is 0 Å². The molecule has 0 fully saturated rings. The number of hydrogen-bond donors (Lipinski definition) is 2. The summed E-state index contributed by atoms with van der Waals surface area (Å²) < 4.78 is 5.12. The number of para-hydroxylation sites is 1. The Morgan fingerprint density at radius 1 is 1.35 bits per heavy atom. The highest BCUT2D eigenvalue weighted by Crippen LogP contribution is 2.30. The Morgan fingerprint density at radius 3 is 2.70 bits per heavy atom. The SMILES string of the molecule is COc1cccc(CNC(C)c2cc(C)sc2C)c1O. The molecule has 1 aromatic heterocycles. The first-order valence-corrected chi connectivity index (χ1v) is 7.49. The second-order valence-electron chi connectivity index (χ2n) is 4.94. The van der Waals surface area contributed by atoms with E-state index in [4.69, 9.17) is 4.74 Å². The van der Waals surface area contributed by atoms with Crippen molar-refractivity contribution in [2.45, 2.75) is 33.4 Å². The summed E-state index contributed by atoms with van der Waals surface area (Å²) in [4.78, 5) is 2.67. The van der Waals surface area contributed by atoms with E-state index in [0.717, 1.165) is 5.56 Å². The minimum atomic E-state index is 0.216. The molecule has 0 saturated heterocycles. The minimum absolute atomic E-state index is 0.216. The average Bonchev–Trinajstić information content (AvgIpc) is 2.76. The number of hydrogen-bond acceptors (Lipinski definition) is 4. The number of phenolic OH excluding ortho intramolecular Hbond substituents is 1. The van der Waals surface area contributed by atoms with Gasteiger partial charge in [-0.25, -0.2) is 0 Å². The van der Waals surface area contributed by atoms with Crippen LogP contribution in [0.15, 0.2) is 24.3 Å². The fraction of sp³-hybridized carbons (Fsp3) is 0.375. The molecule has 2 N–H and O–H groups in total. The van der Waals surface area contributed by atoms with Gasteiger partial charge >= 0.3 is 0 Å². The van der Waals surface area contributed by atoms with E-state index >= 15 is 0 Å². The number of thiophene rings is 1. The standard InChI is InChI=1S/C16H21NO2S/c1-10-8-14(12(3)20-10)11(2)17-9-13-6-5-7-15(19-4)16(13)18/h5-8,11,17-18H,9H2,1-4H3. The van der Waals surface area contributed by atoms with E-state index < -0.39 is 0 Å². The van der Waals surface area contributed by atoms with Crippen LogP contribution in [0.4, 0.5) is 0 Å². The smallest absolute Gasteiger partial charge is 0.162 e. The van der Waals surface area contributed by atoms with Gasteiger partial charge in [0.25, 0.3) is 0 Å². The van der Waals surface area contributed by atoms with E-state index in [-0.39, 0.29) is 11.8 Å². The molecule has 0 aliphatic rings. The van der Waals surface area contributed by atoms with Crippen molar-refractivity contribution in [3.8, 4) is 11.5 Å². The van der Waals surface area contributed by atoms with Crippen molar-refractivity contribution in [2.75, 3.05) is 7.11 Å². The molecule has 0 aliphatic heterocycles. The summed E-state index contributed by atoms with van der Waals surface area (Å²) >= 11 is 1.82. The van der Waals surface area contributed by atoms with Crippen LogP contribution in [0.3, 0.4) is 0 Å². The zero-order valence-electron chi connectivity index (χ0n) is 12.4. The summed E-state index contributed by atoms with van der Waals surface area (Å²) in [7, 11) is 1.56. The van der Waals surface area contributed by atoms with Crippen molar-refractivity contribution in [1.82, 2.24) is 5.32 Å². The molecule has 1 heterocycles. The normalized spacial score (nSPS) is 12.4. The van der Waals surface area contributed by atoms with Crippen LogP contribution in [0.5, 0.6) is 11.5 Å². The van der Waals surface area contributed by atoms with Crippen LogP contribution in [0.1, 0.15) is 33.8 Å². The molecule has 0 aliphatic carbocycles. The van der Waals surface area contributed by atoms with Gasteiger partial charge in [-0.3, -0.25) is 0 Å². The first-order valence-electron chi connectivity index (χ1n) is 6.68. The van der Waals surface area contributed by atoms with Gasteiger partial charge in [-0.1, -0.05) is 12.1 Å². The highest BCUT2D eigenvalue weighted by atomic mass is 32.1. The summed E-state index contributed by atoms with van der Waals surface area (Å²) in [5.41, 5.74) is 2.18. The van der Waals surface area contributed by atoms with Gasteiger partial charge in [0.05, 0.1) is 7.11 Å². The molecule has 20 heavy (non-hydrogen) atoms. The van der Waals surface area contributed by atoms with Crippen molar-refractivity contribution in [3.63, 3.8) is 0 Å². The summed E-state index contributed by atoms with van der Waals surface area (Å²) in [5, 5.41) is 13.5. The number of methoxy groups -OCH3 is 1. The molecule has 2 rings (SSSR count). The summed E-state index contributed by atoms with van der Waals surface area (Å²) in [5.74, 6) is 0.729. The highest BCUT2D eigenvalue weighted by Gasteiger charge is 2.12. The van der Waals surface area contributed by atoms with Gasteiger partial charge in [-0.05, 0) is 38.5 Å². The number of rotatable bonds is 5. The van der Waals surface area contributed by atoms with E-state index in [9.17, 15) is 5.11 Å². The van der Waals surface area contributed by atoms with Crippen LogP contribution >= 0.6 is 11.3 Å². The van der Waals surface area contributed by atoms with E-state index in [1.165, 1.54) is 15.3 Å². The zero-order chi connectivity index (χ0) is 14.7. The maximum Gasteiger partial charge on any atom is 0.162 e. The lowest BCUT2D eigenvalue weighted by Crippen LogP contribution is -2.18. The van der Waals surface area contributed by atoms with E-state index in [1.807, 2.05) is 23.5 Å². The number of aryl methyl sites for hydroxylation is 2. The molecule has 1 unspecified atom stereocenters. The van der Waals surface area contributed by atoms with Gasteiger partial charge in [0, 0.05) is 27.9 Å². The predicted molar refractivity (Wildman–Crippen MR) is 83.7 cm³/mol. The third-order valence-corrected chi connectivity index (χ3v) is 4.43. The van der Waals surface area contributed by atoms with Crippen molar-refractivity contribution < 1.29 is 9.84 Å². The minimum Gasteiger partial charge on any atom is -0.504 e. The number of aromatic hydroxyl groups is 1. The molecule has 0 radical (unpaired) electrons.